The van der Waals surface area contributed by atoms with Gasteiger partial charge in [-0.05, 0) is 18.9 Å². The molecule has 2 rings (SSSR count). The Bertz CT molecular complexity index is 535. The molecule has 1 aromatic carbocycles. The van der Waals surface area contributed by atoms with Crippen LogP contribution in [-0.4, -0.2) is 28.1 Å². The molecular formula is C13H15ClN2O4. The zero-order valence-corrected chi connectivity index (χ0v) is 11.5. The van der Waals surface area contributed by atoms with Gasteiger partial charge in [0.25, 0.3) is 11.6 Å². The van der Waals surface area contributed by atoms with E-state index in [9.17, 15) is 20.0 Å². The van der Waals surface area contributed by atoms with Crippen LogP contribution >= 0.6 is 11.6 Å². The van der Waals surface area contributed by atoms with Crippen molar-refractivity contribution in [2.75, 3.05) is 0 Å². The lowest BCUT2D eigenvalue weighted by atomic mass is 9.92. The lowest BCUT2D eigenvalue weighted by Crippen LogP contribution is -2.45. The van der Waals surface area contributed by atoms with Crippen molar-refractivity contribution < 1.29 is 14.8 Å². The number of aliphatic hydroxyl groups excluding tert-OH is 1. The summed E-state index contributed by atoms with van der Waals surface area (Å²) in [6, 6.07) is 3.71. The van der Waals surface area contributed by atoms with E-state index in [0.717, 1.165) is 12.8 Å². The molecule has 0 saturated heterocycles. The molecule has 7 heteroatoms. The summed E-state index contributed by atoms with van der Waals surface area (Å²) >= 11 is 5.89. The Labute approximate surface area is 120 Å². The number of nitro groups is 1. The van der Waals surface area contributed by atoms with Crippen LogP contribution in [0.15, 0.2) is 18.2 Å². The van der Waals surface area contributed by atoms with Crippen LogP contribution in [0.2, 0.25) is 5.02 Å². The van der Waals surface area contributed by atoms with E-state index in [2.05, 4.69) is 5.32 Å². The number of carbonyl (C=O) groups excluding carboxylic acids is 1. The molecule has 1 amide bonds. The van der Waals surface area contributed by atoms with Crippen molar-refractivity contribution in [2.45, 2.75) is 37.8 Å². The van der Waals surface area contributed by atoms with Crippen molar-refractivity contribution in [1.29, 1.82) is 0 Å². The van der Waals surface area contributed by atoms with Gasteiger partial charge in [-0.1, -0.05) is 30.5 Å². The fourth-order valence-electron chi connectivity index (χ4n) is 2.41. The van der Waals surface area contributed by atoms with Crippen LogP contribution in [0.3, 0.4) is 0 Å². The summed E-state index contributed by atoms with van der Waals surface area (Å²) in [5.74, 6) is -0.617. The number of rotatable bonds is 3. The molecule has 0 radical (unpaired) electrons. The highest BCUT2D eigenvalue weighted by Gasteiger charge is 2.29. The maximum atomic E-state index is 12.2. The lowest BCUT2D eigenvalue weighted by Gasteiger charge is -2.28. The number of amides is 1. The van der Waals surface area contributed by atoms with Crippen molar-refractivity contribution >= 4 is 23.2 Å². The third-order valence-corrected chi connectivity index (χ3v) is 3.78. The second kappa shape index (κ2) is 6.19. The van der Waals surface area contributed by atoms with E-state index < -0.39 is 16.9 Å². The number of nitrogens with one attached hydrogen (secondary N) is 1. The Hall–Kier alpha value is -1.66. The molecule has 1 fully saturated rings. The molecule has 0 aliphatic heterocycles. The summed E-state index contributed by atoms with van der Waals surface area (Å²) in [6.45, 7) is 0. The highest BCUT2D eigenvalue weighted by atomic mass is 35.5. The van der Waals surface area contributed by atoms with Gasteiger partial charge in [0.05, 0.1) is 22.1 Å². The van der Waals surface area contributed by atoms with E-state index in [0.29, 0.717) is 12.8 Å². The summed E-state index contributed by atoms with van der Waals surface area (Å²) in [5.41, 5.74) is -0.489. The van der Waals surface area contributed by atoms with Gasteiger partial charge in [-0.15, -0.1) is 0 Å². The maximum absolute atomic E-state index is 12.2. The first-order valence-electron chi connectivity index (χ1n) is 6.42. The molecule has 1 aliphatic rings. The Morgan fingerprint density at radius 2 is 2.10 bits per heavy atom. The maximum Gasteiger partial charge on any atom is 0.283 e. The topological polar surface area (TPSA) is 92.5 Å². The van der Waals surface area contributed by atoms with Gasteiger partial charge in [0.1, 0.15) is 5.56 Å². The largest absolute Gasteiger partial charge is 0.391 e. The minimum absolute atomic E-state index is 0.0296. The van der Waals surface area contributed by atoms with E-state index in [-0.39, 0.29) is 22.3 Å². The fraction of sp³-hybridized carbons (Fsp3) is 0.462. The molecule has 0 unspecified atom stereocenters. The second-order valence-corrected chi connectivity index (χ2v) is 5.23. The molecule has 1 aliphatic carbocycles. The molecule has 1 saturated carbocycles. The van der Waals surface area contributed by atoms with Crippen molar-refractivity contribution in [3.05, 3.63) is 38.9 Å². The number of hydrogen-bond donors (Lipinski definition) is 2. The molecule has 6 nitrogen and oxygen atoms in total. The predicted molar refractivity (Wildman–Crippen MR) is 73.8 cm³/mol. The van der Waals surface area contributed by atoms with Gasteiger partial charge >= 0.3 is 0 Å². The van der Waals surface area contributed by atoms with Crippen LogP contribution in [0.1, 0.15) is 36.0 Å². The summed E-state index contributed by atoms with van der Waals surface area (Å²) in [7, 11) is 0. The number of benzene rings is 1. The lowest BCUT2D eigenvalue weighted by molar-refractivity contribution is -0.385. The molecule has 2 atom stereocenters. The number of nitro benzene ring substituents is 1. The fourth-order valence-corrected chi connectivity index (χ4v) is 2.67. The molecule has 1 aromatic rings. The monoisotopic (exact) mass is 298 g/mol. The van der Waals surface area contributed by atoms with Crippen LogP contribution in [0.5, 0.6) is 0 Å². The van der Waals surface area contributed by atoms with E-state index in [1.165, 1.54) is 18.2 Å². The van der Waals surface area contributed by atoms with Crippen molar-refractivity contribution in [3.8, 4) is 0 Å². The third-order valence-electron chi connectivity index (χ3n) is 3.46. The van der Waals surface area contributed by atoms with Crippen molar-refractivity contribution in [1.82, 2.24) is 5.32 Å². The van der Waals surface area contributed by atoms with Crippen LogP contribution in [0, 0.1) is 10.1 Å². The summed E-state index contributed by atoms with van der Waals surface area (Å²) in [4.78, 5) is 22.5. The number of nitrogens with zero attached hydrogens (tertiary/aromatic N) is 1. The van der Waals surface area contributed by atoms with Gasteiger partial charge in [-0.2, -0.15) is 0 Å². The first-order chi connectivity index (χ1) is 9.50. The highest BCUT2D eigenvalue weighted by molar-refractivity contribution is 6.34. The molecule has 0 bridgehead atoms. The van der Waals surface area contributed by atoms with Gasteiger partial charge in [0.15, 0.2) is 0 Å². The van der Waals surface area contributed by atoms with E-state index in [1.54, 1.807) is 0 Å². The zero-order valence-electron chi connectivity index (χ0n) is 10.7. The summed E-state index contributed by atoms with van der Waals surface area (Å²) < 4.78 is 0. The quantitative estimate of drug-likeness (QED) is 0.661. The molecule has 20 heavy (non-hydrogen) atoms. The SMILES string of the molecule is O=C(N[C@@H]1CCCC[C@H]1O)c1c(Cl)cccc1[N+](=O)[O-]. The van der Waals surface area contributed by atoms with Crippen molar-refractivity contribution in [2.24, 2.45) is 0 Å². The minimum atomic E-state index is -0.641. The zero-order chi connectivity index (χ0) is 14.7. The number of hydrogen-bond acceptors (Lipinski definition) is 4. The van der Waals surface area contributed by atoms with Gasteiger partial charge in [0.2, 0.25) is 0 Å². The molecule has 108 valence electrons. The summed E-state index contributed by atoms with van der Waals surface area (Å²) in [6.07, 6.45) is 2.49. The average Bonchev–Trinajstić information content (AvgIpc) is 2.40. The number of aliphatic hydroxyl groups is 1. The first-order valence-corrected chi connectivity index (χ1v) is 6.80. The minimum Gasteiger partial charge on any atom is -0.391 e. The van der Waals surface area contributed by atoms with E-state index in [1.807, 2.05) is 0 Å². The molecule has 0 spiro atoms. The third kappa shape index (κ3) is 3.08. The van der Waals surface area contributed by atoms with Crippen LogP contribution in [0.25, 0.3) is 0 Å². The van der Waals surface area contributed by atoms with Crippen LogP contribution in [0.4, 0.5) is 5.69 Å². The standard InChI is InChI=1S/C13H15ClN2O4/c14-8-4-3-6-10(16(19)20)12(8)13(18)15-9-5-1-2-7-11(9)17/h3-4,6,9,11,17H,1-2,5,7H2,(H,15,18)/t9-,11-/m1/s1. The Kier molecular flexibility index (Phi) is 4.57. The van der Waals surface area contributed by atoms with Crippen LogP contribution < -0.4 is 5.32 Å². The molecule has 0 aromatic heterocycles. The smallest absolute Gasteiger partial charge is 0.283 e. The highest BCUT2D eigenvalue weighted by Crippen LogP contribution is 2.27. The Morgan fingerprint density at radius 3 is 2.75 bits per heavy atom. The van der Waals surface area contributed by atoms with Gasteiger partial charge in [-0.3, -0.25) is 14.9 Å². The Balaban J connectivity index is 2.23. The number of carbonyl (C=O) groups is 1. The molecular weight excluding hydrogens is 284 g/mol. The van der Waals surface area contributed by atoms with E-state index >= 15 is 0 Å². The van der Waals surface area contributed by atoms with Gasteiger partial charge < -0.3 is 10.4 Å². The normalized spacial score (nSPS) is 22.3. The Morgan fingerprint density at radius 1 is 1.40 bits per heavy atom. The summed E-state index contributed by atoms with van der Waals surface area (Å²) in [5, 5.41) is 23.5. The van der Waals surface area contributed by atoms with Gasteiger partial charge in [0, 0.05) is 6.07 Å². The average molecular weight is 299 g/mol. The predicted octanol–water partition coefficient (Wildman–Crippen LogP) is 2.28. The molecule has 0 heterocycles. The van der Waals surface area contributed by atoms with Crippen LogP contribution in [-0.2, 0) is 0 Å². The van der Waals surface area contributed by atoms with Crippen molar-refractivity contribution in [3.63, 3.8) is 0 Å². The van der Waals surface area contributed by atoms with E-state index in [4.69, 9.17) is 11.6 Å². The number of halogens is 1. The van der Waals surface area contributed by atoms with Gasteiger partial charge in [-0.25, -0.2) is 0 Å². The molecule has 2 N–H and O–H groups in total. The first kappa shape index (κ1) is 14.7. The second-order valence-electron chi connectivity index (χ2n) is 4.82.